The molecular weight excluding hydrogens is 351 g/mol. The van der Waals surface area contributed by atoms with Gasteiger partial charge in [-0.3, -0.25) is 4.79 Å². The minimum atomic E-state index is -4.31. The highest BCUT2D eigenvalue weighted by Crippen LogP contribution is 2.37. The van der Waals surface area contributed by atoms with Crippen LogP contribution >= 0.6 is 11.8 Å². The van der Waals surface area contributed by atoms with E-state index in [0.29, 0.717) is 35.6 Å². The Morgan fingerprint density at radius 1 is 1.12 bits per heavy atom. The molecule has 2 heterocycles. The number of carbonyl (C=O) groups excluding carboxylic acids is 1. The van der Waals surface area contributed by atoms with Crippen LogP contribution in [0.3, 0.4) is 0 Å². The predicted molar refractivity (Wildman–Crippen MR) is 89.4 cm³/mol. The van der Waals surface area contributed by atoms with Crippen LogP contribution in [0.2, 0.25) is 0 Å². The first-order valence-electron chi connectivity index (χ1n) is 7.56. The molecule has 1 aromatic heterocycles. The predicted octanol–water partition coefficient (Wildman–Crippen LogP) is 4.06. The molecule has 0 aliphatic carbocycles. The summed E-state index contributed by atoms with van der Waals surface area (Å²) >= 11 is -0.145. The number of benzene rings is 2. The average molecular weight is 363 g/mol. The molecule has 0 atom stereocenters. The Kier molecular flexibility index (Phi) is 3.72. The molecule has 0 fully saturated rings. The van der Waals surface area contributed by atoms with Crippen LogP contribution in [0.25, 0.3) is 22.4 Å². The summed E-state index contributed by atoms with van der Waals surface area (Å²) in [5.74, 6) is 0.496. The third-order valence-corrected chi connectivity index (χ3v) is 4.72. The van der Waals surface area contributed by atoms with Gasteiger partial charge in [-0.25, -0.2) is 4.98 Å². The smallest absolute Gasteiger partial charge is 0.350 e. The first kappa shape index (κ1) is 16.0. The molecule has 0 saturated heterocycles. The van der Waals surface area contributed by atoms with Gasteiger partial charge in [0.15, 0.2) is 0 Å². The number of hydrogen-bond donors (Lipinski definition) is 1. The number of nitrogens with one attached hydrogen (secondary N) is 1. The van der Waals surface area contributed by atoms with E-state index in [2.05, 4.69) is 10.3 Å². The topological polar surface area (TPSA) is 46.9 Å². The van der Waals surface area contributed by atoms with Gasteiger partial charge in [0, 0.05) is 23.5 Å². The molecule has 0 unspecified atom stereocenters. The lowest BCUT2D eigenvalue weighted by atomic mass is 10.1. The standard InChI is InChI=1S/C17H12F3N3OS/c18-17(19,20)25-11-6-4-10(5-7-11)15-22-13-3-1-2-12-14(13)23(15)9-8-21-16(12)24/h1-7H,8-9H2,(H,21,24). The molecule has 0 spiro atoms. The molecule has 3 aromatic rings. The number of rotatable bonds is 2. The average Bonchev–Trinajstić information content (AvgIpc) is 2.83. The van der Waals surface area contributed by atoms with Crippen molar-refractivity contribution in [3.8, 4) is 11.4 Å². The van der Waals surface area contributed by atoms with Crippen LogP contribution in [0.4, 0.5) is 13.2 Å². The first-order valence-corrected chi connectivity index (χ1v) is 8.38. The number of alkyl halides is 3. The largest absolute Gasteiger partial charge is 0.446 e. The Hall–Kier alpha value is -2.48. The summed E-state index contributed by atoms with van der Waals surface area (Å²) in [4.78, 5) is 16.9. The van der Waals surface area contributed by atoms with E-state index in [1.807, 2.05) is 10.6 Å². The van der Waals surface area contributed by atoms with Gasteiger partial charge in [-0.1, -0.05) is 18.2 Å². The zero-order chi connectivity index (χ0) is 17.6. The second-order valence-electron chi connectivity index (χ2n) is 5.59. The number of amides is 1. The minimum absolute atomic E-state index is 0.126. The molecule has 4 nitrogen and oxygen atoms in total. The van der Waals surface area contributed by atoms with E-state index in [4.69, 9.17) is 0 Å². The molecule has 0 saturated carbocycles. The van der Waals surface area contributed by atoms with Crippen molar-refractivity contribution in [2.75, 3.05) is 6.54 Å². The van der Waals surface area contributed by atoms with E-state index >= 15 is 0 Å². The van der Waals surface area contributed by atoms with Crippen molar-refractivity contribution in [3.63, 3.8) is 0 Å². The third-order valence-electron chi connectivity index (χ3n) is 3.98. The van der Waals surface area contributed by atoms with Gasteiger partial charge in [-0.05, 0) is 36.0 Å². The van der Waals surface area contributed by atoms with Gasteiger partial charge >= 0.3 is 5.51 Å². The maximum absolute atomic E-state index is 12.5. The van der Waals surface area contributed by atoms with Gasteiger partial charge in [-0.2, -0.15) is 13.2 Å². The van der Waals surface area contributed by atoms with E-state index in [1.54, 1.807) is 24.3 Å². The van der Waals surface area contributed by atoms with E-state index in [1.165, 1.54) is 12.1 Å². The fourth-order valence-corrected chi connectivity index (χ4v) is 3.53. The lowest BCUT2D eigenvalue weighted by Gasteiger charge is -2.09. The van der Waals surface area contributed by atoms with Crippen LogP contribution in [0.1, 0.15) is 10.4 Å². The Morgan fingerprint density at radius 3 is 2.60 bits per heavy atom. The Bertz CT molecular complexity index is 964. The maximum atomic E-state index is 12.5. The number of nitrogens with zero attached hydrogens (tertiary/aromatic N) is 2. The normalized spacial score (nSPS) is 14.4. The van der Waals surface area contributed by atoms with Crippen molar-refractivity contribution < 1.29 is 18.0 Å². The molecule has 1 aliphatic rings. The summed E-state index contributed by atoms with van der Waals surface area (Å²) in [6.45, 7) is 1.02. The number of halogens is 3. The van der Waals surface area contributed by atoms with E-state index < -0.39 is 5.51 Å². The van der Waals surface area contributed by atoms with Gasteiger partial charge in [-0.15, -0.1) is 0 Å². The van der Waals surface area contributed by atoms with Gasteiger partial charge in [0.25, 0.3) is 5.91 Å². The molecule has 25 heavy (non-hydrogen) atoms. The number of hydrogen-bond acceptors (Lipinski definition) is 3. The quantitative estimate of drug-likeness (QED) is 0.699. The summed E-state index contributed by atoms with van der Waals surface area (Å²) in [5.41, 5.74) is -1.60. The van der Waals surface area contributed by atoms with E-state index in [9.17, 15) is 18.0 Å². The Balaban J connectivity index is 1.81. The molecule has 0 radical (unpaired) electrons. The van der Waals surface area contributed by atoms with E-state index in [0.717, 1.165) is 5.52 Å². The second-order valence-corrected chi connectivity index (χ2v) is 6.73. The van der Waals surface area contributed by atoms with Gasteiger partial charge in [0.1, 0.15) is 5.82 Å². The van der Waals surface area contributed by atoms with Crippen molar-refractivity contribution in [2.45, 2.75) is 16.9 Å². The highest BCUT2D eigenvalue weighted by atomic mass is 32.2. The number of imidazole rings is 1. The monoisotopic (exact) mass is 363 g/mol. The van der Waals surface area contributed by atoms with Crippen LogP contribution in [-0.4, -0.2) is 27.5 Å². The van der Waals surface area contributed by atoms with Gasteiger partial charge in [0.05, 0.1) is 16.6 Å². The van der Waals surface area contributed by atoms with Crippen molar-refractivity contribution in [3.05, 3.63) is 48.0 Å². The fourth-order valence-electron chi connectivity index (χ4n) is 2.99. The van der Waals surface area contributed by atoms with E-state index in [-0.39, 0.29) is 22.6 Å². The molecule has 8 heteroatoms. The van der Waals surface area contributed by atoms with Crippen LogP contribution in [-0.2, 0) is 6.54 Å². The van der Waals surface area contributed by atoms with Crippen molar-refractivity contribution >= 4 is 28.7 Å². The van der Waals surface area contributed by atoms with Crippen LogP contribution in [0.5, 0.6) is 0 Å². The van der Waals surface area contributed by atoms with Crippen LogP contribution < -0.4 is 5.32 Å². The summed E-state index contributed by atoms with van der Waals surface area (Å²) in [6.07, 6.45) is 0. The summed E-state index contributed by atoms with van der Waals surface area (Å²) < 4.78 is 39.3. The number of carbonyl (C=O) groups is 1. The molecule has 1 N–H and O–H groups in total. The number of para-hydroxylation sites is 1. The molecule has 4 rings (SSSR count). The Labute approximate surface area is 145 Å². The lowest BCUT2D eigenvalue weighted by Crippen LogP contribution is -2.24. The maximum Gasteiger partial charge on any atom is 0.446 e. The summed E-state index contributed by atoms with van der Waals surface area (Å²) in [7, 11) is 0. The SMILES string of the molecule is O=C1NCCn2c(-c3ccc(SC(F)(F)F)cc3)nc3cccc1c32. The zero-order valence-electron chi connectivity index (χ0n) is 12.8. The first-order chi connectivity index (χ1) is 11.9. The zero-order valence-corrected chi connectivity index (χ0v) is 13.6. The highest BCUT2D eigenvalue weighted by molar-refractivity contribution is 8.00. The van der Waals surface area contributed by atoms with Gasteiger partial charge < -0.3 is 9.88 Å². The molecule has 2 aromatic carbocycles. The van der Waals surface area contributed by atoms with Crippen LogP contribution in [0, 0.1) is 0 Å². The minimum Gasteiger partial charge on any atom is -0.350 e. The Morgan fingerprint density at radius 2 is 1.88 bits per heavy atom. The summed E-state index contributed by atoms with van der Waals surface area (Å²) in [5, 5.41) is 2.84. The lowest BCUT2D eigenvalue weighted by molar-refractivity contribution is -0.0328. The molecule has 1 amide bonds. The molecular formula is C17H12F3N3OS. The second kappa shape index (κ2) is 5.80. The number of aromatic nitrogens is 2. The van der Waals surface area contributed by atoms with Crippen molar-refractivity contribution in [1.29, 1.82) is 0 Å². The molecule has 0 bridgehead atoms. The number of thioether (sulfide) groups is 1. The van der Waals surface area contributed by atoms with Gasteiger partial charge in [0.2, 0.25) is 0 Å². The fraction of sp³-hybridized carbons (Fsp3) is 0.176. The molecule has 128 valence electrons. The van der Waals surface area contributed by atoms with Crippen molar-refractivity contribution in [1.82, 2.24) is 14.9 Å². The third kappa shape index (κ3) is 2.97. The highest BCUT2D eigenvalue weighted by Gasteiger charge is 2.29. The molecule has 1 aliphatic heterocycles. The summed E-state index contributed by atoms with van der Waals surface area (Å²) in [6, 6.07) is 11.4. The van der Waals surface area contributed by atoms with Crippen LogP contribution in [0.15, 0.2) is 47.4 Å². The van der Waals surface area contributed by atoms with Crippen molar-refractivity contribution in [2.24, 2.45) is 0 Å².